The molecule has 2 aliphatic rings. The Hall–Kier alpha value is -0.335. The van der Waals surface area contributed by atoms with Gasteiger partial charge in [-0.3, -0.25) is 0 Å². The van der Waals surface area contributed by atoms with Crippen LogP contribution in [-0.4, -0.2) is 29.4 Å². The molecular formula is C14H19BINO3. The van der Waals surface area contributed by atoms with E-state index in [1.54, 1.807) is 0 Å². The molecule has 0 aromatic carbocycles. The average molecular weight is 387 g/mol. The fourth-order valence-electron chi connectivity index (χ4n) is 2.03. The Labute approximate surface area is 133 Å². The van der Waals surface area contributed by atoms with E-state index in [0.717, 1.165) is 27.9 Å². The zero-order valence-corrected chi connectivity index (χ0v) is 14.4. The molecule has 1 aliphatic carbocycles. The fourth-order valence-corrected chi connectivity index (χ4v) is 2.47. The molecule has 4 nitrogen and oxygen atoms in total. The van der Waals surface area contributed by atoms with E-state index in [-0.39, 0.29) is 11.2 Å². The fraction of sp³-hybridized carbons (Fsp3) is 0.643. The van der Waals surface area contributed by atoms with Gasteiger partial charge in [-0.2, -0.15) is 0 Å². The summed E-state index contributed by atoms with van der Waals surface area (Å²) in [6.07, 6.45) is 2.57. The molecule has 0 spiro atoms. The predicted octanol–water partition coefficient (Wildman–Crippen LogP) is 2.53. The van der Waals surface area contributed by atoms with Gasteiger partial charge in [0.25, 0.3) is 0 Å². The minimum absolute atomic E-state index is 0.332. The Balaban J connectivity index is 1.91. The number of nitrogens with zero attached hydrogens (tertiary/aromatic N) is 1. The van der Waals surface area contributed by atoms with E-state index in [2.05, 4.69) is 27.6 Å². The summed E-state index contributed by atoms with van der Waals surface area (Å²) in [5.41, 5.74) is 0.0250. The first kappa shape index (κ1) is 14.6. The van der Waals surface area contributed by atoms with Crippen molar-refractivity contribution in [2.24, 2.45) is 0 Å². The van der Waals surface area contributed by atoms with Crippen LogP contribution in [0.4, 0.5) is 0 Å². The van der Waals surface area contributed by atoms with Crippen molar-refractivity contribution in [3.05, 3.63) is 15.8 Å². The van der Waals surface area contributed by atoms with E-state index in [9.17, 15) is 0 Å². The topological polar surface area (TPSA) is 40.6 Å². The molecule has 1 aromatic heterocycles. The van der Waals surface area contributed by atoms with Crippen LogP contribution in [0, 0.1) is 3.70 Å². The highest BCUT2D eigenvalue weighted by molar-refractivity contribution is 14.1. The van der Waals surface area contributed by atoms with E-state index < -0.39 is 7.12 Å². The summed E-state index contributed by atoms with van der Waals surface area (Å²) in [4.78, 5) is 4.58. The van der Waals surface area contributed by atoms with Gasteiger partial charge in [-0.25, -0.2) is 4.98 Å². The quantitative estimate of drug-likeness (QED) is 0.454. The van der Waals surface area contributed by atoms with Crippen molar-refractivity contribution in [2.45, 2.75) is 57.8 Å². The molecular weight excluding hydrogens is 368 g/mol. The third-order valence-corrected chi connectivity index (χ3v) is 4.75. The van der Waals surface area contributed by atoms with Crippen LogP contribution >= 0.6 is 22.6 Å². The van der Waals surface area contributed by atoms with Crippen LogP contribution in [0.15, 0.2) is 12.1 Å². The maximum Gasteiger partial charge on any atom is 0.518 e. The molecule has 6 heteroatoms. The molecule has 0 amide bonds. The summed E-state index contributed by atoms with van der Waals surface area (Å²) in [5.74, 6) is 0.784. The molecule has 0 atom stereocenters. The summed E-state index contributed by atoms with van der Waals surface area (Å²) in [5, 5.41) is 0. The maximum atomic E-state index is 6.08. The first-order chi connectivity index (χ1) is 9.28. The van der Waals surface area contributed by atoms with Crippen molar-refractivity contribution in [2.75, 3.05) is 0 Å². The first-order valence-corrected chi connectivity index (χ1v) is 8.05. The molecule has 108 valence electrons. The second-order valence-corrected chi connectivity index (χ2v) is 7.53. The number of hydrogen-bond acceptors (Lipinski definition) is 4. The minimum Gasteiger partial charge on any atom is -0.489 e. The van der Waals surface area contributed by atoms with E-state index in [1.165, 1.54) is 0 Å². The number of aromatic nitrogens is 1. The Bertz CT molecular complexity index is 515. The van der Waals surface area contributed by atoms with Crippen LogP contribution < -0.4 is 10.3 Å². The number of pyridine rings is 1. The van der Waals surface area contributed by atoms with Crippen molar-refractivity contribution in [1.29, 1.82) is 0 Å². The smallest absolute Gasteiger partial charge is 0.489 e. The van der Waals surface area contributed by atoms with E-state index in [4.69, 9.17) is 14.0 Å². The molecule has 0 bridgehead atoms. The van der Waals surface area contributed by atoms with Crippen molar-refractivity contribution in [3.8, 4) is 5.75 Å². The van der Waals surface area contributed by atoms with Crippen LogP contribution in [0.2, 0.25) is 0 Å². The molecule has 2 fully saturated rings. The molecule has 1 saturated heterocycles. The largest absolute Gasteiger partial charge is 0.518 e. The highest BCUT2D eigenvalue weighted by Gasteiger charge is 2.53. The molecule has 1 saturated carbocycles. The van der Waals surface area contributed by atoms with Gasteiger partial charge < -0.3 is 14.0 Å². The van der Waals surface area contributed by atoms with Gasteiger partial charge in [0, 0.05) is 0 Å². The van der Waals surface area contributed by atoms with Gasteiger partial charge >= 0.3 is 7.12 Å². The van der Waals surface area contributed by atoms with Crippen molar-refractivity contribution in [3.63, 3.8) is 0 Å². The third-order valence-electron chi connectivity index (χ3n) is 4.15. The van der Waals surface area contributed by atoms with Gasteiger partial charge in [-0.05, 0) is 75.3 Å². The first-order valence-electron chi connectivity index (χ1n) is 6.97. The number of hydrogen-bond donors (Lipinski definition) is 0. The van der Waals surface area contributed by atoms with Crippen LogP contribution in [0.5, 0.6) is 5.75 Å². The number of ether oxygens (including phenoxy) is 1. The zero-order valence-electron chi connectivity index (χ0n) is 12.3. The lowest BCUT2D eigenvalue weighted by atomic mass is 9.83. The second kappa shape index (κ2) is 4.85. The monoisotopic (exact) mass is 387 g/mol. The molecule has 0 unspecified atom stereocenters. The van der Waals surface area contributed by atoms with Gasteiger partial charge in [0.2, 0.25) is 0 Å². The average Bonchev–Trinajstić information content (AvgIpc) is 3.10. The Morgan fingerprint density at radius 2 is 1.80 bits per heavy atom. The normalized spacial score (nSPS) is 23.9. The Morgan fingerprint density at radius 1 is 1.20 bits per heavy atom. The molecule has 2 heterocycles. The van der Waals surface area contributed by atoms with Gasteiger partial charge in [-0.15, -0.1) is 0 Å². The maximum absolute atomic E-state index is 6.08. The van der Waals surface area contributed by atoms with Crippen LogP contribution in [0.25, 0.3) is 0 Å². The predicted molar refractivity (Wildman–Crippen MR) is 86.3 cm³/mol. The van der Waals surface area contributed by atoms with E-state index >= 15 is 0 Å². The summed E-state index contributed by atoms with van der Waals surface area (Å²) in [6, 6.07) is 3.92. The summed E-state index contributed by atoms with van der Waals surface area (Å²) < 4.78 is 19.0. The van der Waals surface area contributed by atoms with E-state index in [1.807, 2.05) is 39.8 Å². The zero-order chi connectivity index (χ0) is 14.5. The van der Waals surface area contributed by atoms with Crippen molar-refractivity contribution >= 4 is 35.3 Å². The summed E-state index contributed by atoms with van der Waals surface area (Å²) in [6.45, 7) is 8.18. The number of halogens is 1. The lowest BCUT2D eigenvalue weighted by Gasteiger charge is -2.32. The van der Waals surface area contributed by atoms with Crippen molar-refractivity contribution in [1.82, 2.24) is 4.98 Å². The Kier molecular flexibility index (Phi) is 3.54. The van der Waals surface area contributed by atoms with Gasteiger partial charge in [-0.1, -0.05) is 0 Å². The minimum atomic E-state index is -0.469. The molecule has 0 N–H and O–H groups in total. The molecule has 3 rings (SSSR count). The lowest BCUT2D eigenvalue weighted by molar-refractivity contribution is 0.00578. The second-order valence-electron chi connectivity index (χ2n) is 6.42. The van der Waals surface area contributed by atoms with Gasteiger partial charge in [0.05, 0.1) is 17.3 Å². The summed E-state index contributed by atoms with van der Waals surface area (Å²) >= 11 is 2.20. The Morgan fingerprint density at radius 3 is 2.35 bits per heavy atom. The van der Waals surface area contributed by atoms with Gasteiger partial charge in [0.1, 0.15) is 15.0 Å². The van der Waals surface area contributed by atoms with Crippen LogP contribution in [0.1, 0.15) is 40.5 Å². The highest BCUT2D eigenvalue weighted by Crippen LogP contribution is 2.37. The number of rotatable bonds is 3. The lowest BCUT2D eigenvalue weighted by Crippen LogP contribution is -2.41. The van der Waals surface area contributed by atoms with E-state index in [0.29, 0.717) is 6.10 Å². The molecule has 1 aliphatic heterocycles. The summed E-state index contributed by atoms with van der Waals surface area (Å²) in [7, 11) is -0.469. The molecule has 1 aromatic rings. The van der Waals surface area contributed by atoms with Crippen LogP contribution in [-0.2, 0) is 9.31 Å². The highest BCUT2D eigenvalue weighted by atomic mass is 127. The SMILES string of the molecule is CC1(C)OB(c2nc(I)ccc2OC2CC2)OC1(C)C. The third kappa shape index (κ3) is 2.70. The molecule has 20 heavy (non-hydrogen) atoms. The van der Waals surface area contributed by atoms with Crippen LogP contribution in [0.3, 0.4) is 0 Å². The molecule has 0 radical (unpaired) electrons. The van der Waals surface area contributed by atoms with Gasteiger partial charge in [0.15, 0.2) is 0 Å². The van der Waals surface area contributed by atoms with Crippen molar-refractivity contribution < 1.29 is 14.0 Å². The standard InChI is InChI=1S/C14H19BINO3/c1-13(2)14(3,4)20-15(19-13)12-10(18-9-5-6-9)7-8-11(16)17-12/h7-9H,5-6H2,1-4H3.